The first-order valence-electron chi connectivity index (χ1n) is 5.88. The summed E-state index contributed by atoms with van der Waals surface area (Å²) < 4.78 is 6.26. The number of rotatable bonds is 2. The third kappa shape index (κ3) is 2.20. The molecule has 18 heavy (non-hydrogen) atoms. The van der Waals surface area contributed by atoms with Crippen LogP contribution in [0.5, 0.6) is 0 Å². The van der Waals surface area contributed by atoms with E-state index in [1.165, 1.54) is 5.56 Å². The molecule has 0 atom stereocenters. The Hall–Kier alpha value is -1.93. The van der Waals surface area contributed by atoms with Crippen LogP contribution < -0.4 is 0 Å². The van der Waals surface area contributed by atoms with E-state index in [1.807, 2.05) is 42.5 Å². The average Bonchev–Trinajstić information content (AvgIpc) is 2.41. The molecule has 0 aliphatic heterocycles. The molecule has 2 aromatic carbocycles. The average molecular weight is 252 g/mol. The molecule has 0 N–H and O–H groups in total. The van der Waals surface area contributed by atoms with Crippen LogP contribution in [0.1, 0.15) is 11.1 Å². The van der Waals surface area contributed by atoms with Crippen LogP contribution in [0.25, 0.3) is 11.0 Å². The van der Waals surface area contributed by atoms with E-state index in [2.05, 4.69) is 18.2 Å². The van der Waals surface area contributed by atoms with Crippen molar-refractivity contribution in [2.45, 2.75) is 6.42 Å². The molecule has 0 aliphatic rings. The Morgan fingerprint density at radius 1 is 0.889 bits per heavy atom. The maximum absolute atomic E-state index is 5.68. The lowest BCUT2D eigenvalue weighted by atomic mass is 10.1. The van der Waals surface area contributed by atoms with Crippen molar-refractivity contribution >= 4 is 23.2 Å². The van der Waals surface area contributed by atoms with E-state index in [0.29, 0.717) is 4.71 Å². The van der Waals surface area contributed by atoms with Crippen LogP contribution in [0.3, 0.4) is 0 Å². The summed E-state index contributed by atoms with van der Waals surface area (Å²) in [6.45, 7) is 0. The molecule has 0 unspecified atom stereocenters. The Morgan fingerprint density at radius 3 is 2.44 bits per heavy atom. The number of benzene rings is 2. The fourth-order valence-electron chi connectivity index (χ4n) is 2.04. The highest BCUT2D eigenvalue weighted by molar-refractivity contribution is 7.71. The molecule has 0 fully saturated rings. The first-order valence-corrected chi connectivity index (χ1v) is 6.29. The van der Waals surface area contributed by atoms with Gasteiger partial charge in [-0.2, -0.15) is 0 Å². The van der Waals surface area contributed by atoms with E-state index in [1.54, 1.807) is 0 Å². The van der Waals surface area contributed by atoms with Crippen LogP contribution in [-0.4, -0.2) is 0 Å². The molecule has 1 nitrogen and oxygen atoms in total. The van der Waals surface area contributed by atoms with Crippen LogP contribution >= 0.6 is 12.2 Å². The minimum atomic E-state index is 0.581. The second-order valence-electron chi connectivity index (χ2n) is 4.26. The van der Waals surface area contributed by atoms with Gasteiger partial charge in [-0.15, -0.1) is 0 Å². The summed E-state index contributed by atoms with van der Waals surface area (Å²) in [7, 11) is 0. The van der Waals surface area contributed by atoms with Gasteiger partial charge in [0.1, 0.15) is 5.58 Å². The second kappa shape index (κ2) is 4.75. The van der Waals surface area contributed by atoms with E-state index in [9.17, 15) is 0 Å². The SMILES string of the molecule is S=c1oc2ccccc2cc1Cc1ccccc1. The predicted octanol–water partition coefficient (Wildman–Crippen LogP) is 4.75. The minimum Gasteiger partial charge on any atom is -0.445 e. The molecule has 1 heterocycles. The molecule has 3 rings (SSSR count). The first-order chi connectivity index (χ1) is 8.83. The quantitative estimate of drug-likeness (QED) is 0.610. The van der Waals surface area contributed by atoms with Gasteiger partial charge in [-0.25, -0.2) is 0 Å². The van der Waals surface area contributed by atoms with Crippen molar-refractivity contribution in [1.29, 1.82) is 0 Å². The van der Waals surface area contributed by atoms with Crippen LogP contribution in [0.4, 0.5) is 0 Å². The lowest BCUT2D eigenvalue weighted by molar-refractivity contribution is 0.579. The van der Waals surface area contributed by atoms with Gasteiger partial charge in [0, 0.05) is 17.4 Å². The summed E-state index contributed by atoms with van der Waals surface area (Å²) in [4.78, 5) is 0. The monoisotopic (exact) mass is 252 g/mol. The van der Waals surface area contributed by atoms with Gasteiger partial charge in [0.2, 0.25) is 0 Å². The van der Waals surface area contributed by atoms with Gasteiger partial charge in [0.05, 0.1) is 0 Å². The van der Waals surface area contributed by atoms with Crippen LogP contribution in [0, 0.1) is 4.71 Å². The summed E-state index contributed by atoms with van der Waals surface area (Å²) in [6, 6.07) is 20.4. The molecule has 0 saturated heterocycles. The normalized spacial score (nSPS) is 10.7. The highest BCUT2D eigenvalue weighted by atomic mass is 32.1. The molecule has 1 aromatic heterocycles. The number of fused-ring (bicyclic) bond motifs is 1. The lowest BCUT2D eigenvalue weighted by Crippen LogP contribution is -1.89. The van der Waals surface area contributed by atoms with Gasteiger partial charge in [0.15, 0.2) is 4.71 Å². The topological polar surface area (TPSA) is 13.1 Å². The van der Waals surface area contributed by atoms with Crippen molar-refractivity contribution in [3.05, 3.63) is 76.5 Å². The predicted molar refractivity (Wildman–Crippen MR) is 76.3 cm³/mol. The van der Waals surface area contributed by atoms with Crippen molar-refractivity contribution in [2.75, 3.05) is 0 Å². The van der Waals surface area contributed by atoms with Crippen LogP contribution in [0.15, 0.2) is 65.1 Å². The summed E-state index contributed by atoms with van der Waals surface area (Å²) in [5, 5.41) is 1.09. The zero-order chi connectivity index (χ0) is 12.4. The van der Waals surface area contributed by atoms with Gasteiger partial charge in [-0.05, 0) is 29.9 Å². The molecular formula is C16H12OS. The molecule has 0 radical (unpaired) electrons. The van der Waals surface area contributed by atoms with Gasteiger partial charge >= 0.3 is 0 Å². The third-order valence-corrected chi connectivity index (χ3v) is 3.30. The molecule has 0 saturated carbocycles. The Morgan fingerprint density at radius 2 is 1.61 bits per heavy atom. The highest BCUT2D eigenvalue weighted by Gasteiger charge is 2.03. The molecule has 0 amide bonds. The second-order valence-corrected chi connectivity index (χ2v) is 4.63. The smallest absolute Gasteiger partial charge is 0.194 e. The third-order valence-electron chi connectivity index (χ3n) is 2.95. The molecule has 88 valence electrons. The maximum Gasteiger partial charge on any atom is 0.194 e. The van der Waals surface area contributed by atoms with Gasteiger partial charge in [-0.1, -0.05) is 48.5 Å². The lowest BCUT2D eigenvalue weighted by Gasteiger charge is -2.03. The van der Waals surface area contributed by atoms with Crippen molar-refractivity contribution < 1.29 is 4.42 Å². The summed E-state index contributed by atoms with van der Waals surface area (Å²) in [6.07, 6.45) is 0.813. The van der Waals surface area contributed by atoms with Gasteiger partial charge in [0.25, 0.3) is 0 Å². The molecule has 0 bridgehead atoms. The fraction of sp³-hybridized carbons (Fsp3) is 0.0625. The first kappa shape index (κ1) is 11.2. The van der Waals surface area contributed by atoms with E-state index in [0.717, 1.165) is 23.0 Å². The Bertz CT molecular complexity index is 729. The van der Waals surface area contributed by atoms with Crippen molar-refractivity contribution in [2.24, 2.45) is 0 Å². The van der Waals surface area contributed by atoms with Crippen LogP contribution in [-0.2, 0) is 6.42 Å². The molecular weight excluding hydrogens is 240 g/mol. The van der Waals surface area contributed by atoms with Crippen LogP contribution in [0.2, 0.25) is 0 Å². The zero-order valence-electron chi connectivity index (χ0n) is 9.80. The Labute approximate surface area is 111 Å². The minimum absolute atomic E-state index is 0.581. The Kier molecular flexibility index (Phi) is 2.95. The standard InChI is InChI=1S/C16H12OS/c18-16-14(10-12-6-2-1-3-7-12)11-13-8-4-5-9-15(13)17-16/h1-9,11H,10H2. The number of hydrogen-bond acceptors (Lipinski definition) is 2. The number of hydrogen-bond donors (Lipinski definition) is 0. The largest absolute Gasteiger partial charge is 0.445 e. The zero-order valence-corrected chi connectivity index (χ0v) is 10.6. The summed E-state index contributed by atoms with van der Waals surface area (Å²) >= 11 is 5.31. The van der Waals surface area contributed by atoms with Gasteiger partial charge < -0.3 is 4.42 Å². The molecule has 2 heteroatoms. The molecule has 0 aliphatic carbocycles. The summed E-state index contributed by atoms with van der Waals surface area (Å²) in [5.41, 5.74) is 3.16. The van der Waals surface area contributed by atoms with E-state index >= 15 is 0 Å². The Balaban J connectivity index is 2.07. The van der Waals surface area contributed by atoms with Crippen molar-refractivity contribution in [1.82, 2.24) is 0 Å². The van der Waals surface area contributed by atoms with E-state index < -0.39 is 0 Å². The van der Waals surface area contributed by atoms with E-state index in [4.69, 9.17) is 16.6 Å². The number of para-hydroxylation sites is 1. The highest BCUT2D eigenvalue weighted by Crippen LogP contribution is 2.19. The maximum atomic E-state index is 5.68. The van der Waals surface area contributed by atoms with Crippen molar-refractivity contribution in [3.8, 4) is 0 Å². The molecule has 3 aromatic rings. The fourth-order valence-corrected chi connectivity index (χ4v) is 2.26. The van der Waals surface area contributed by atoms with Gasteiger partial charge in [-0.3, -0.25) is 0 Å². The van der Waals surface area contributed by atoms with E-state index in [-0.39, 0.29) is 0 Å². The summed E-state index contributed by atoms with van der Waals surface area (Å²) in [5.74, 6) is 0. The van der Waals surface area contributed by atoms with Crippen molar-refractivity contribution in [3.63, 3.8) is 0 Å². The molecule has 0 spiro atoms.